The van der Waals surface area contributed by atoms with Gasteiger partial charge < -0.3 is 4.90 Å². The number of anilines is 1. The molecule has 15 heavy (non-hydrogen) atoms. The van der Waals surface area contributed by atoms with E-state index < -0.39 is 0 Å². The Bertz CT molecular complexity index is 355. The van der Waals surface area contributed by atoms with Crippen LogP contribution in [0.2, 0.25) is 0 Å². The normalized spacial score (nSPS) is 21.8. The number of aryl methyl sites for hydroxylation is 2. The highest BCUT2D eigenvalue weighted by atomic mass is 35.5. The van der Waals surface area contributed by atoms with E-state index in [1.165, 1.54) is 0 Å². The van der Waals surface area contributed by atoms with Gasteiger partial charge in [-0.2, -0.15) is 5.10 Å². The topological polar surface area (TPSA) is 41.9 Å². The predicted octanol–water partition coefficient (Wildman–Crippen LogP) is 1.70. The summed E-state index contributed by atoms with van der Waals surface area (Å²) >= 11 is 6.11. The summed E-state index contributed by atoms with van der Waals surface area (Å²) in [6.07, 6.45) is 2.18. The maximum absolute atomic E-state index is 6.11. The molecule has 0 bridgehead atoms. The van der Waals surface area contributed by atoms with Gasteiger partial charge in [0.1, 0.15) is 0 Å². The summed E-state index contributed by atoms with van der Waals surface area (Å²) in [5, 5.41) is 8.40. The van der Waals surface area contributed by atoms with Crippen LogP contribution >= 0.6 is 11.6 Å². The molecule has 2 heterocycles. The molecule has 1 saturated heterocycles. The molecule has 82 valence electrons. The second-order valence-corrected chi connectivity index (χ2v) is 4.59. The molecule has 5 heteroatoms. The third-order valence-corrected chi connectivity index (χ3v) is 3.08. The minimum atomic E-state index is 0.212. The summed E-state index contributed by atoms with van der Waals surface area (Å²) in [6.45, 7) is 5.68. The zero-order valence-electron chi connectivity index (χ0n) is 9.07. The molecule has 1 atom stereocenters. The highest BCUT2D eigenvalue weighted by molar-refractivity contribution is 6.21. The van der Waals surface area contributed by atoms with E-state index in [4.69, 9.17) is 11.6 Å². The number of nitrogens with zero attached hydrogens (tertiary/aromatic N) is 4. The molecule has 1 aliphatic heterocycles. The molecule has 0 amide bonds. The zero-order valence-corrected chi connectivity index (χ0v) is 9.83. The monoisotopic (exact) mass is 226 g/mol. The van der Waals surface area contributed by atoms with E-state index in [9.17, 15) is 0 Å². The number of rotatable bonds is 1. The van der Waals surface area contributed by atoms with Crippen LogP contribution in [0.4, 0.5) is 5.95 Å². The summed E-state index contributed by atoms with van der Waals surface area (Å²) < 4.78 is 0. The molecular weight excluding hydrogens is 212 g/mol. The standard InChI is InChI=1S/C10H15ClN4/c1-7-8(2)13-14-10(12-7)15-5-3-4-9(11)6-15/h9H,3-6H2,1-2H3. The van der Waals surface area contributed by atoms with Crippen LogP contribution in [0.5, 0.6) is 0 Å². The van der Waals surface area contributed by atoms with Crippen molar-refractivity contribution in [2.24, 2.45) is 0 Å². The molecule has 0 saturated carbocycles. The number of alkyl halides is 1. The lowest BCUT2D eigenvalue weighted by Gasteiger charge is -2.29. The Hall–Kier alpha value is -0.900. The lowest BCUT2D eigenvalue weighted by Crippen LogP contribution is -2.37. The average Bonchev–Trinajstić information content (AvgIpc) is 2.22. The van der Waals surface area contributed by atoms with Crippen molar-refractivity contribution in [1.29, 1.82) is 0 Å². The molecule has 4 nitrogen and oxygen atoms in total. The predicted molar refractivity (Wildman–Crippen MR) is 60.4 cm³/mol. The highest BCUT2D eigenvalue weighted by Gasteiger charge is 2.20. The molecule has 1 fully saturated rings. The smallest absolute Gasteiger partial charge is 0.245 e. The third kappa shape index (κ3) is 2.37. The lowest BCUT2D eigenvalue weighted by molar-refractivity contribution is 0.570. The highest BCUT2D eigenvalue weighted by Crippen LogP contribution is 2.19. The first kappa shape index (κ1) is 10.6. The minimum Gasteiger partial charge on any atom is -0.338 e. The fraction of sp³-hybridized carbons (Fsp3) is 0.700. The van der Waals surface area contributed by atoms with Gasteiger partial charge in [-0.05, 0) is 26.7 Å². The number of hydrogen-bond acceptors (Lipinski definition) is 4. The van der Waals surface area contributed by atoms with Crippen molar-refractivity contribution in [3.8, 4) is 0 Å². The van der Waals surface area contributed by atoms with Crippen LogP contribution in [0.25, 0.3) is 0 Å². The van der Waals surface area contributed by atoms with Crippen molar-refractivity contribution in [2.75, 3.05) is 18.0 Å². The van der Waals surface area contributed by atoms with Gasteiger partial charge in [-0.3, -0.25) is 0 Å². The Morgan fingerprint density at radius 1 is 1.27 bits per heavy atom. The third-order valence-electron chi connectivity index (χ3n) is 2.73. The summed E-state index contributed by atoms with van der Waals surface area (Å²) in [5.41, 5.74) is 1.83. The molecule has 0 radical (unpaired) electrons. The van der Waals surface area contributed by atoms with Crippen molar-refractivity contribution >= 4 is 17.5 Å². The Morgan fingerprint density at radius 2 is 2.07 bits per heavy atom. The van der Waals surface area contributed by atoms with Gasteiger partial charge in [0.2, 0.25) is 5.95 Å². The molecule has 1 aliphatic rings. The van der Waals surface area contributed by atoms with E-state index in [1.807, 2.05) is 13.8 Å². The quantitative estimate of drug-likeness (QED) is 0.684. The first-order chi connectivity index (χ1) is 7.16. The van der Waals surface area contributed by atoms with E-state index >= 15 is 0 Å². The van der Waals surface area contributed by atoms with E-state index in [2.05, 4.69) is 20.1 Å². The SMILES string of the molecule is Cc1nnc(N2CCCC(Cl)C2)nc1C. The van der Waals surface area contributed by atoms with Gasteiger partial charge in [-0.15, -0.1) is 16.7 Å². The Morgan fingerprint density at radius 3 is 2.73 bits per heavy atom. The minimum absolute atomic E-state index is 0.212. The van der Waals surface area contributed by atoms with Gasteiger partial charge in [0, 0.05) is 13.1 Å². The van der Waals surface area contributed by atoms with Crippen LogP contribution < -0.4 is 4.90 Å². The molecule has 0 aliphatic carbocycles. The molecule has 1 unspecified atom stereocenters. The van der Waals surface area contributed by atoms with Gasteiger partial charge in [0.05, 0.1) is 16.8 Å². The summed E-state index contributed by atoms with van der Waals surface area (Å²) in [5.74, 6) is 0.712. The fourth-order valence-electron chi connectivity index (χ4n) is 1.69. The van der Waals surface area contributed by atoms with Gasteiger partial charge in [-0.1, -0.05) is 0 Å². The number of aromatic nitrogens is 3. The van der Waals surface area contributed by atoms with Crippen molar-refractivity contribution < 1.29 is 0 Å². The molecule has 1 aromatic rings. The molecule has 1 aromatic heterocycles. The van der Waals surface area contributed by atoms with E-state index in [-0.39, 0.29) is 5.38 Å². The first-order valence-corrected chi connectivity index (χ1v) is 5.67. The first-order valence-electron chi connectivity index (χ1n) is 5.24. The van der Waals surface area contributed by atoms with Crippen molar-refractivity contribution in [3.63, 3.8) is 0 Å². The van der Waals surface area contributed by atoms with E-state index in [0.29, 0.717) is 5.95 Å². The second kappa shape index (κ2) is 4.31. The van der Waals surface area contributed by atoms with Crippen molar-refractivity contribution in [1.82, 2.24) is 15.2 Å². The van der Waals surface area contributed by atoms with Crippen molar-refractivity contribution in [3.05, 3.63) is 11.4 Å². The molecule has 0 N–H and O–H groups in total. The Labute approximate surface area is 94.7 Å². The molecule has 0 aromatic carbocycles. The van der Waals surface area contributed by atoms with Gasteiger partial charge >= 0.3 is 0 Å². The van der Waals surface area contributed by atoms with Crippen LogP contribution in [-0.4, -0.2) is 33.6 Å². The average molecular weight is 227 g/mol. The van der Waals surface area contributed by atoms with Crippen LogP contribution in [0.15, 0.2) is 0 Å². The molecular formula is C10H15ClN4. The van der Waals surface area contributed by atoms with E-state index in [0.717, 1.165) is 37.3 Å². The largest absolute Gasteiger partial charge is 0.338 e. The molecule has 2 rings (SSSR count). The molecule has 0 spiro atoms. The summed E-state index contributed by atoms with van der Waals surface area (Å²) in [7, 11) is 0. The van der Waals surface area contributed by atoms with Crippen LogP contribution in [0.1, 0.15) is 24.2 Å². The number of hydrogen-bond donors (Lipinski definition) is 0. The second-order valence-electron chi connectivity index (χ2n) is 3.97. The van der Waals surface area contributed by atoms with Crippen LogP contribution in [-0.2, 0) is 0 Å². The fourth-order valence-corrected chi connectivity index (χ4v) is 2.01. The van der Waals surface area contributed by atoms with Crippen LogP contribution in [0, 0.1) is 13.8 Å². The Kier molecular flexibility index (Phi) is 3.05. The van der Waals surface area contributed by atoms with Gasteiger partial charge in [0.25, 0.3) is 0 Å². The van der Waals surface area contributed by atoms with E-state index in [1.54, 1.807) is 0 Å². The number of piperidine rings is 1. The zero-order chi connectivity index (χ0) is 10.8. The maximum atomic E-state index is 6.11. The summed E-state index contributed by atoms with van der Waals surface area (Å²) in [6, 6.07) is 0. The Balaban J connectivity index is 2.18. The number of halogens is 1. The van der Waals surface area contributed by atoms with Gasteiger partial charge in [0.15, 0.2) is 0 Å². The van der Waals surface area contributed by atoms with Crippen LogP contribution in [0.3, 0.4) is 0 Å². The lowest BCUT2D eigenvalue weighted by atomic mass is 10.1. The maximum Gasteiger partial charge on any atom is 0.245 e. The summed E-state index contributed by atoms with van der Waals surface area (Å²) in [4.78, 5) is 6.54. The van der Waals surface area contributed by atoms with Crippen molar-refractivity contribution in [2.45, 2.75) is 32.1 Å². The van der Waals surface area contributed by atoms with Gasteiger partial charge in [-0.25, -0.2) is 4.98 Å².